The van der Waals surface area contributed by atoms with Crippen LogP contribution in [-0.4, -0.2) is 15.6 Å². The summed E-state index contributed by atoms with van der Waals surface area (Å²) in [5, 5.41) is 4.43. The maximum Gasteiger partial charge on any atom is 0.139 e. The molecule has 0 N–H and O–H groups in total. The van der Waals surface area contributed by atoms with Crippen LogP contribution in [0.4, 0.5) is 0 Å². The maximum absolute atomic E-state index is 12.2. The molecule has 0 fully saturated rings. The maximum atomic E-state index is 12.2. The molecule has 4 heteroatoms. The lowest BCUT2D eigenvalue weighted by Gasteiger charge is -2.04. The Balaban J connectivity index is 1.98. The summed E-state index contributed by atoms with van der Waals surface area (Å²) >= 11 is 3.56. The number of hydrogen-bond acceptors (Lipinski definition) is 2. The number of nitrogens with zero attached hydrogens (tertiary/aromatic N) is 2. The Morgan fingerprint density at radius 3 is 2.76 bits per heavy atom. The number of Topliss-reactive ketones (excluding diaryl/α,β-unsaturated/α-hetero) is 1. The summed E-state index contributed by atoms with van der Waals surface area (Å²) in [4.78, 5) is 12.2. The highest BCUT2D eigenvalue weighted by Crippen LogP contribution is 2.22. The third-order valence-electron chi connectivity index (χ3n) is 3.64. The van der Waals surface area contributed by atoms with E-state index in [2.05, 4.69) is 53.1 Å². The van der Waals surface area contributed by atoms with Gasteiger partial charge in [0.2, 0.25) is 0 Å². The van der Waals surface area contributed by atoms with Crippen molar-refractivity contribution < 1.29 is 4.79 Å². The zero-order valence-corrected chi connectivity index (χ0v) is 14.4. The van der Waals surface area contributed by atoms with E-state index in [0.29, 0.717) is 12.8 Å². The fourth-order valence-electron chi connectivity index (χ4n) is 2.44. The fourth-order valence-corrected chi connectivity index (χ4v) is 3.19. The Morgan fingerprint density at radius 2 is 2.14 bits per heavy atom. The van der Waals surface area contributed by atoms with Crippen molar-refractivity contribution in [1.29, 1.82) is 0 Å². The number of hydrogen-bond donors (Lipinski definition) is 0. The minimum atomic E-state index is 0.253. The highest BCUT2D eigenvalue weighted by Gasteiger charge is 2.15. The van der Waals surface area contributed by atoms with E-state index < -0.39 is 0 Å². The van der Waals surface area contributed by atoms with Gasteiger partial charge >= 0.3 is 0 Å². The SMILES string of the molecule is CCc1nn(C)c(CC(=O)CCc2cccc(C)c2)c1Br. The number of carbonyl (C=O) groups is 1. The molecule has 1 aromatic heterocycles. The van der Waals surface area contributed by atoms with Crippen molar-refractivity contribution >= 4 is 21.7 Å². The Bertz CT molecular complexity index is 646. The van der Waals surface area contributed by atoms with Gasteiger partial charge in [-0.15, -0.1) is 0 Å². The Kier molecular flexibility index (Phi) is 5.34. The molecule has 0 unspecified atom stereocenters. The molecule has 0 aliphatic rings. The topological polar surface area (TPSA) is 34.9 Å². The van der Waals surface area contributed by atoms with Crippen LogP contribution in [0.15, 0.2) is 28.7 Å². The van der Waals surface area contributed by atoms with Gasteiger partial charge in [-0.1, -0.05) is 36.8 Å². The first kappa shape index (κ1) is 16.0. The van der Waals surface area contributed by atoms with Crippen LogP contribution in [-0.2, 0) is 31.1 Å². The molecule has 2 rings (SSSR count). The van der Waals surface area contributed by atoms with Gasteiger partial charge in [-0.3, -0.25) is 9.48 Å². The molecular weight excluding hydrogens is 328 g/mol. The second-order valence-electron chi connectivity index (χ2n) is 5.39. The molecule has 0 saturated heterocycles. The minimum Gasteiger partial charge on any atom is -0.299 e. The fraction of sp³-hybridized carbons (Fsp3) is 0.412. The molecular formula is C17H21BrN2O. The molecule has 0 bridgehead atoms. The van der Waals surface area contributed by atoms with E-state index in [0.717, 1.165) is 28.7 Å². The molecule has 0 radical (unpaired) electrons. The molecule has 1 aromatic carbocycles. The molecule has 0 spiro atoms. The quantitative estimate of drug-likeness (QED) is 0.795. The highest BCUT2D eigenvalue weighted by molar-refractivity contribution is 9.10. The van der Waals surface area contributed by atoms with Gasteiger partial charge in [-0.05, 0) is 41.3 Å². The first-order valence-electron chi connectivity index (χ1n) is 7.28. The minimum absolute atomic E-state index is 0.253. The highest BCUT2D eigenvalue weighted by atomic mass is 79.9. The van der Waals surface area contributed by atoms with Crippen LogP contribution < -0.4 is 0 Å². The largest absolute Gasteiger partial charge is 0.299 e. The molecule has 3 nitrogen and oxygen atoms in total. The van der Waals surface area contributed by atoms with Crippen molar-refractivity contribution in [3.05, 3.63) is 51.3 Å². The van der Waals surface area contributed by atoms with Crippen molar-refractivity contribution in [1.82, 2.24) is 9.78 Å². The van der Waals surface area contributed by atoms with Gasteiger partial charge in [-0.25, -0.2) is 0 Å². The van der Waals surface area contributed by atoms with E-state index in [9.17, 15) is 4.79 Å². The summed E-state index contributed by atoms with van der Waals surface area (Å²) in [6, 6.07) is 8.34. The van der Waals surface area contributed by atoms with Crippen molar-refractivity contribution in [2.24, 2.45) is 7.05 Å². The third-order valence-corrected chi connectivity index (χ3v) is 4.56. The summed E-state index contributed by atoms with van der Waals surface area (Å²) in [5.41, 5.74) is 4.45. The van der Waals surface area contributed by atoms with Crippen LogP contribution >= 0.6 is 15.9 Å². The lowest BCUT2D eigenvalue weighted by molar-refractivity contribution is -0.118. The number of aromatic nitrogens is 2. The van der Waals surface area contributed by atoms with Crippen molar-refractivity contribution in [3.8, 4) is 0 Å². The lowest BCUT2D eigenvalue weighted by Crippen LogP contribution is -2.09. The van der Waals surface area contributed by atoms with Gasteiger partial charge in [0.1, 0.15) is 5.78 Å². The Hall–Kier alpha value is -1.42. The van der Waals surface area contributed by atoms with Gasteiger partial charge in [-0.2, -0.15) is 5.10 Å². The van der Waals surface area contributed by atoms with Gasteiger partial charge in [0.05, 0.1) is 15.9 Å². The van der Waals surface area contributed by atoms with Crippen molar-refractivity contribution in [2.75, 3.05) is 0 Å². The van der Waals surface area contributed by atoms with E-state index in [-0.39, 0.29) is 5.78 Å². The molecule has 21 heavy (non-hydrogen) atoms. The van der Waals surface area contributed by atoms with E-state index in [1.807, 2.05) is 17.8 Å². The van der Waals surface area contributed by atoms with Crippen LogP contribution in [0.5, 0.6) is 0 Å². The van der Waals surface area contributed by atoms with Crippen molar-refractivity contribution in [3.63, 3.8) is 0 Å². The Labute approximate surface area is 134 Å². The summed E-state index contributed by atoms with van der Waals surface area (Å²) < 4.78 is 2.80. The zero-order chi connectivity index (χ0) is 15.4. The lowest BCUT2D eigenvalue weighted by atomic mass is 10.0. The second-order valence-corrected chi connectivity index (χ2v) is 6.18. The van der Waals surface area contributed by atoms with Crippen LogP contribution in [0, 0.1) is 6.92 Å². The second kappa shape index (κ2) is 7.03. The predicted molar refractivity (Wildman–Crippen MR) is 88.5 cm³/mol. The van der Waals surface area contributed by atoms with Gasteiger partial charge in [0.15, 0.2) is 0 Å². The zero-order valence-electron chi connectivity index (χ0n) is 12.8. The number of aryl methyl sites for hydroxylation is 4. The molecule has 1 heterocycles. The first-order valence-corrected chi connectivity index (χ1v) is 8.08. The average Bonchev–Trinajstić information content (AvgIpc) is 2.72. The first-order chi connectivity index (χ1) is 10.0. The predicted octanol–water partition coefficient (Wildman–Crippen LogP) is 3.80. The number of halogens is 1. The third kappa shape index (κ3) is 4.03. The van der Waals surface area contributed by atoms with E-state index >= 15 is 0 Å². The standard InChI is InChI=1S/C17H21BrN2O/c1-4-15-17(18)16(20(3)19-15)11-14(21)9-8-13-7-5-6-12(2)10-13/h5-7,10H,4,8-9,11H2,1-3H3. The summed E-state index contributed by atoms with van der Waals surface area (Å²) in [5.74, 6) is 0.253. The molecule has 0 aliphatic heterocycles. The van der Waals surface area contributed by atoms with E-state index in [4.69, 9.17) is 0 Å². The number of carbonyl (C=O) groups excluding carboxylic acids is 1. The van der Waals surface area contributed by atoms with Gasteiger partial charge in [0, 0.05) is 19.9 Å². The van der Waals surface area contributed by atoms with Gasteiger partial charge < -0.3 is 0 Å². The molecule has 0 atom stereocenters. The van der Waals surface area contributed by atoms with E-state index in [1.165, 1.54) is 11.1 Å². The van der Waals surface area contributed by atoms with E-state index in [1.54, 1.807) is 0 Å². The van der Waals surface area contributed by atoms with Crippen LogP contribution in [0.2, 0.25) is 0 Å². The Morgan fingerprint density at radius 1 is 1.38 bits per heavy atom. The number of benzene rings is 1. The molecule has 0 saturated carbocycles. The van der Waals surface area contributed by atoms with Crippen molar-refractivity contribution in [2.45, 2.75) is 39.5 Å². The van der Waals surface area contributed by atoms with Crippen LogP contribution in [0.1, 0.15) is 35.9 Å². The number of rotatable bonds is 6. The molecule has 0 aliphatic carbocycles. The molecule has 2 aromatic rings. The summed E-state index contributed by atoms with van der Waals surface area (Å²) in [7, 11) is 1.90. The average molecular weight is 349 g/mol. The number of ketones is 1. The van der Waals surface area contributed by atoms with Crippen LogP contribution in [0.25, 0.3) is 0 Å². The monoisotopic (exact) mass is 348 g/mol. The smallest absolute Gasteiger partial charge is 0.139 e. The van der Waals surface area contributed by atoms with Gasteiger partial charge in [0.25, 0.3) is 0 Å². The summed E-state index contributed by atoms with van der Waals surface area (Å²) in [6.07, 6.45) is 2.68. The molecule has 0 amide bonds. The van der Waals surface area contributed by atoms with Crippen LogP contribution in [0.3, 0.4) is 0 Å². The summed E-state index contributed by atoms with van der Waals surface area (Å²) in [6.45, 7) is 4.14. The molecule has 112 valence electrons. The normalized spacial score (nSPS) is 10.9.